The van der Waals surface area contributed by atoms with Crippen LogP contribution < -0.4 is 0 Å². The van der Waals surface area contributed by atoms with Gasteiger partial charge in [-0.25, -0.2) is 4.79 Å². The van der Waals surface area contributed by atoms with E-state index in [1.54, 1.807) is 6.92 Å². The number of hydrogen-bond donors (Lipinski definition) is 0. The van der Waals surface area contributed by atoms with Crippen LogP contribution in [0.2, 0.25) is 0 Å². The number of carbonyl (C=O) groups is 1. The van der Waals surface area contributed by atoms with Gasteiger partial charge in [-0.15, -0.1) is 11.6 Å². The molecule has 0 aromatic heterocycles. The van der Waals surface area contributed by atoms with Crippen LogP contribution in [0.4, 0.5) is 4.79 Å². The molecule has 0 fully saturated rings. The summed E-state index contributed by atoms with van der Waals surface area (Å²) in [5, 5.41) is 0. The highest BCUT2D eigenvalue weighted by Gasteiger charge is 1.99. The molecule has 0 aliphatic carbocycles. The number of ether oxygens (including phenoxy) is 2. The highest BCUT2D eigenvalue weighted by molar-refractivity contribution is 6.17. The minimum Gasteiger partial charge on any atom is -0.435 e. The first-order valence-electron chi connectivity index (χ1n) is 4.16. The van der Waals surface area contributed by atoms with Gasteiger partial charge in [0.05, 0.1) is 13.2 Å². The van der Waals surface area contributed by atoms with Crippen LogP contribution in [0.3, 0.4) is 0 Å². The molecule has 0 aliphatic rings. The topological polar surface area (TPSA) is 35.5 Å². The van der Waals surface area contributed by atoms with Gasteiger partial charge in [-0.1, -0.05) is 0 Å². The molecule has 0 bridgehead atoms. The third-order valence-corrected chi connectivity index (χ3v) is 1.53. The number of hydrogen-bond acceptors (Lipinski definition) is 3. The molecule has 0 aromatic carbocycles. The van der Waals surface area contributed by atoms with Gasteiger partial charge in [0.15, 0.2) is 0 Å². The van der Waals surface area contributed by atoms with E-state index in [0.717, 1.165) is 19.3 Å². The SMILES string of the molecule is CCOC(=O)OCCCCCCl. The van der Waals surface area contributed by atoms with E-state index in [2.05, 4.69) is 4.74 Å². The maximum atomic E-state index is 10.6. The summed E-state index contributed by atoms with van der Waals surface area (Å²) in [7, 11) is 0. The summed E-state index contributed by atoms with van der Waals surface area (Å²) in [4.78, 5) is 10.6. The molecule has 12 heavy (non-hydrogen) atoms. The Bertz CT molecular complexity index is 117. The molecule has 0 aromatic rings. The fourth-order valence-electron chi connectivity index (χ4n) is 0.688. The zero-order chi connectivity index (χ0) is 9.23. The largest absolute Gasteiger partial charge is 0.508 e. The lowest BCUT2D eigenvalue weighted by Gasteiger charge is -2.03. The Morgan fingerprint density at radius 3 is 2.58 bits per heavy atom. The molecule has 0 saturated heterocycles. The van der Waals surface area contributed by atoms with Crippen LogP contribution >= 0.6 is 11.6 Å². The molecular weight excluding hydrogens is 180 g/mol. The van der Waals surface area contributed by atoms with Crippen LogP contribution in [0.5, 0.6) is 0 Å². The third kappa shape index (κ3) is 7.66. The van der Waals surface area contributed by atoms with Crippen molar-refractivity contribution in [1.82, 2.24) is 0 Å². The predicted molar refractivity (Wildman–Crippen MR) is 47.5 cm³/mol. The second kappa shape index (κ2) is 8.65. The minimum absolute atomic E-state index is 0.362. The molecule has 0 heterocycles. The van der Waals surface area contributed by atoms with E-state index in [-0.39, 0.29) is 0 Å². The van der Waals surface area contributed by atoms with Crippen LogP contribution in [0.25, 0.3) is 0 Å². The summed E-state index contributed by atoms with van der Waals surface area (Å²) in [6, 6.07) is 0. The van der Waals surface area contributed by atoms with Crippen molar-refractivity contribution in [3.05, 3.63) is 0 Å². The predicted octanol–water partition coefficient (Wildman–Crippen LogP) is 2.57. The maximum absolute atomic E-state index is 10.6. The van der Waals surface area contributed by atoms with Crippen molar-refractivity contribution in [2.75, 3.05) is 19.1 Å². The highest BCUT2D eigenvalue weighted by atomic mass is 35.5. The average molecular weight is 195 g/mol. The molecule has 3 nitrogen and oxygen atoms in total. The molecule has 72 valence electrons. The van der Waals surface area contributed by atoms with Crippen molar-refractivity contribution in [2.45, 2.75) is 26.2 Å². The van der Waals surface area contributed by atoms with Gasteiger partial charge in [0.25, 0.3) is 0 Å². The second-order valence-corrected chi connectivity index (χ2v) is 2.66. The summed E-state index contributed by atoms with van der Waals surface area (Å²) in [5.74, 6) is 0.666. The fourth-order valence-corrected chi connectivity index (χ4v) is 0.877. The average Bonchev–Trinajstić information content (AvgIpc) is 2.05. The Morgan fingerprint density at radius 1 is 1.25 bits per heavy atom. The quantitative estimate of drug-likeness (QED) is 0.370. The molecule has 0 N–H and O–H groups in total. The number of rotatable bonds is 6. The number of unbranched alkanes of at least 4 members (excludes halogenated alkanes) is 2. The molecular formula is C8H15ClO3. The first-order chi connectivity index (χ1) is 5.81. The second-order valence-electron chi connectivity index (χ2n) is 2.28. The monoisotopic (exact) mass is 194 g/mol. The fraction of sp³-hybridized carbons (Fsp3) is 0.875. The van der Waals surface area contributed by atoms with Gasteiger partial charge in [0.1, 0.15) is 0 Å². The van der Waals surface area contributed by atoms with Gasteiger partial charge in [-0.3, -0.25) is 0 Å². The zero-order valence-electron chi connectivity index (χ0n) is 7.35. The van der Waals surface area contributed by atoms with Gasteiger partial charge in [-0.2, -0.15) is 0 Å². The molecule has 4 heteroatoms. The van der Waals surface area contributed by atoms with E-state index in [1.165, 1.54) is 0 Å². The Kier molecular flexibility index (Phi) is 8.34. The Morgan fingerprint density at radius 2 is 2.00 bits per heavy atom. The minimum atomic E-state index is -0.580. The van der Waals surface area contributed by atoms with Gasteiger partial charge < -0.3 is 9.47 Å². The standard InChI is InChI=1S/C8H15ClO3/c1-2-11-8(10)12-7-5-3-4-6-9/h2-7H2,1H3. The Labute approximate surface area is 78.0 Å². The molecule has 0 aliphatic heterocycles. The summed E-state index contributed by atoms with van der Waals surface area (Å²) in [6.45, 7) is 2.53. The van der Waals surface area contributed by atoms with Crippen LogP contribution in [-0.2, 0) is 9.47 Å². The summed E-state index contributed by atoms with van der Waals surface area (Å²) in [6.07, 6.45) is 2.23. The summed E-state index contributed by atoms with van der Waals surface area (Å²) < 4.78 is 9.29. The summed E-state index contributed by atoms with van der Waals surface area (Å²) in [5.41, 5.74) is 0. The maximum Gasteiger partial charge on any atom is 0.508 e. The van der Waals surface area contributed by atoms with Crippen LogP contribution in [-0.4, -0.2) is 25.2 Å². The molecule has 0 amide bonds. The lowest BCUT2D eigenvalue weighted by atomic mass is 10.3. The number of carbonyl (C=O) groups excluding carboxylic acids is 1. The van der Waals surface area contributed by atoms with Crippen molar-refractivity contribution in [2.24, 2.45) is 0 Å². The van der Waals surface area contributed by atoms with E-state index in [0.29, 0.717) is 19.1 Å². The number of halogens is 1. The lowest BCUT2D eigenvalue weighted by Crippen LogP contribution is -2.07. The number of alkyl halides is 1. The van der Waals surface area contributed by atoms with Gasteiger partial charge in [0, 0.05) is 5.88 Å². The molecule has 0 spiro atoms. The smallest absolute Gasteiger partial charge is 0.435 e. The van der Waals surface area contributed by atoms with Gasteiger partial charge in [-0.05, 0) is 26.2 Å². The normalized spacial score (nSPS) is 9.50. The van der Waals surface area contributed by atoms with Crippen LogP contribution in [0.15, 0.2) is 0 Å². The molecule has 0 rings (SSSR count). The lowest BCUT2D eigenvalue weighted by molar-refractivity contribution is 0.0579. The van der Waals surface area contributed by atoms with Gasteiger partial charge in [0.2, 0.25) is 0 Å². The van der Waals surface area contributed by atoms with E-state index < -0.39 is 6.16 Å². The first-order valence-corrected chi connectivity index (χ1v) is 4.70. The first kappa shape index (κ1) is 11.6. The molecule has 0 unspecified atom stereocenters. The van der Waals surface area contributed by atoms with Crippen molar-refractivity contribution in [3.63, 3.8) is 0 Å². The zero-order valence-corrected chi connectivity index (χ0v) is 8.10. The Hall–Kier alpha value is -0.440. The van der Waals surface area contributed by atoms with Crippen LogP contribution in [0, 0.1) is 0 Å². The van der Waals surface area contributed by atoms with E-state index >= 15 is 0 Å². The molecule has 0 radical (unpaired) electrons. The van der Waals surface area contributed by atoms with E-state index in [9.17, 15) is 4.79 Å². The van der Waals surface area contributed by atoms with Crippen molar-refractivity contribution >= 4 is 17.8 Å². The highest BCUT2D eigenvalue weighted by Crippen LogP contribution is 1.98. The van der Waals surface area contributed by atoms with Crippen molar-refractivity contribution < 1.29 is 14.3 Å². The van der Waals surface area contributed by atoms with Crippen molar-refractivity contribution in [3.8, 4) is 0 Å². The molecule has 0 atom stereocenters. The van der Waals surface area contributed by atoms with Gasteiger partial charge >= 0.3 is 6.16 Å². The van der Waals surface area contributed by atoms with E-state index in [1.807, 2.05) is 0 Å². The summed E-state index contributed by atoms with van der Waals surface area (Å²) >= 11 is 5.46. The van der Waals surface area contributed by atoms with E-state index in [4.69, 9.17) is 16.3 Å². The third-order valence-electron chi connectivity index (χ3n) is 1.26. The van der Waals surface area contributed by atoms with Crippen molar-refractivity contribution in [1.29, 1.82) is 0 Å². The Balaban J connectivity index is 3.03. The molecule has 0 saturated carbocycles. The van der Waals surface area contributed by atoms with Crippen LogP contribution in [0.1, 0.15) is 26.2 Å².